The summed E-state index contributed by atoms with van der Waals surface area (Å²) in [6.07, 6.45) is 0. The van der Waals surface area contributed by atoms with Crippen molar-refractivity contribution in [3.8, 4) is 11.1 Å². The lowest BCUT2D eigenvalue weighted by Crippen LogP contribution is -2.18. The van der Waals surface area contributed by atoms with Crippen molar-refractivity contribution >= 4 is 17.9 Å². The highest BCUT2D eigenvalue weighted by Gasteiger charge is 2.12. The fourth-order valence-corrected chi connectivity index (χ4v) is 2.20. The van der Waals surface area contributed by atoms with Crippen LogP contribution >= 0.6 is 12.2 Å². The SMILES string of the molecule is Cc1[nH]n2c(=O)[nH]c(=S)nc2c1-c1ccccc1. The standard InChI is InChI=1S/C12H10N4OS/c1-7-9(8-5-3-2-4-6-8)10-13-11(18)14-12(17)16(10)15-7/h2-6,15H,1H3,(H,14,17,18). The second-order valence-corrected chi connectivity index (χ2v) is 4.37. The molecule has 2 N–H and O–H groups in total. The van der Waals surface area contributed by atoms with Gasteiger partial charge in [0.05, 0.1) is 0 Å². The van der Waals surface area contributed by atoms with Crippen LogP contribution in [0.3, 0.4) is 0 Å². The van der Waals surface area contributed by atoms with Gasteiger partial charge in [-0.3, -0.25) is 10.1 Å². The van der Waals surface area contributed by atoms with E-state index in [1.165, 1.54) is 4.52 Å². The average Bonchev–Trinajstić information content (AvgIpc) is 2.67. The van der Waals surface area contributed by atoms with E-state index in [1.54, 1.807) is 0 Å². The minimum absolute atomic E-state index is 0.191. The van der Waals surface area contributed by atoms with Gasteiger partial charge in [0.25, 0.3) is 0 Å². The fourth-order valence-electron chi connectivity index (χ4n) is 2.03. The van der Waals surface area contributed by atoms with Gasteiger partial charge in [-0.05, 0) is 24.7 Å². The third-order valence-corrected chi connectivity index (χ3v) is 2.97. The predicted octanol–water partition coefficient (Wildman–Crippen LogP) is 2.06. The Hall–Kier alpha value is -2.21. The highest BCUT2D eigenvalue weighted by Crippen LogP contribution is 2.25. The lowest BCUT2D eigenvalue weighted by atomic mass is 10.1. The quantitative estimate of drug-likeness (QED) is 0.656. The molecular weight excluding hydrogens is 248 g/mol. The summed E-state index contributed by atoms with van der Waals surface area (Å²) in [5.41, 5.74) is 3.01. The largest absolute Gasteiger partial charge is 0.348 e. The molecule has 6 heteroatoms. The van der Waals surface area contributed by atoms with Crippen molar-refractivity contribution in [1.29, 1.82) is 0 Å². The number of aryl methyl sites for hydroxylation is 1. The molecular formula is C12H10N4OS. The van der Waals surface area contributed by atoms with Crippen LogP contribution in [0.15, 0.2) is 35.1 Å². The Kier molecular flexibility index (Phi) is 2.38. The van der Waals surface area contributed by atoms with Crippen LogP contribution in [0.5, 0.6) is 0 Å². The van der Waals surface area contributed by atoms with E-state index in [4.69, 9.17) is 12.2 Å². The number of H-pyrrole nitrogens is 2. The molecule has 0 radical (unpaired) electrons. The van der Waals surface area contributed by atoms with Crippen molar-refractivity contribution in [2.45, 2.75) is 6.92 Å². The molecule has 0 spiro atoms. The number of aromatic amines is 2. The molecule has 0 bridgehead atoms. The Bertz CT molecular complexity index is 829. The summed E-state index contributed by atoms with van der Waals surface area (Å²) in [5.74, 6) is 0. The zero-order valence-corrected chi connectivity index (χ0v) is 10.4. The summed E-state index contributed by atoms with van der Waals surface area (Å²) in [6.45, 7) is 1.90. The molecule has 0 fully saturated rings. The van der Waals surface area contributed by atoms with Crippen molar-refractivity contribution in [3.05, 3.63) is 51.3 Å². The highest BCUT2D eigenvalue weighted by molar-refractivity contribution is 7.71. The first-order valence-corrected chi connectivity index (χ1v) is 5.85. The molecule has 90 valence electrons. The summed E-state index contributed by atoms with van der Waals surface area (Å²) >= 11 is 4.95. The molecule has 0 aliphatic rings. The number of benzene rings is 1. The van der Waals surface area contributed by atoms with Crippen molar-refractivity contribution in [1.82, 2.24) is 19.6 Å². The number of rotatable bonds is 1. The minimum atomic E-state index is -0.310. The monoisotopic (exact) mass is 258 g/mol. The molecule has 18 heavy (non-hydrogen) atoms. The number of fused-ring (bicyclic) bond motifs is 1. The number of hydrogen-bond donors (Lipinski definition) is 2. The van der Waals surface area contributed by atoms with Crippen molar-refractivity contribution in [2.24, 2.45) is 0 Å². The van der Waals surface area contributed by atoms with Gasteiger partial charge in [-0.15, -0.1) is 0 Å². The first-order chi connectivity index (χ1) is 8.66. The van der Waals surface area contributed by atoms with E-state index < -0.39 is 0 Å². The van der Waals surface area contributed by atoms with Gasteiger partial charge < -0.3 is 0 Å². The van der Waals surface area contributed by atoms with Crippen LogP contribution in [0.4, 0.5) is 0 Å². The number of hydrogen-bond acceptors (Lipinski definition) is 3. The van der Waals surface area contributed by atoms with E-state index in [0.717, 1.165) is 16.8 Å². The molecule has 0 aliphatic heterocycles. The Labute approximate surface area is 107 Å². The van der Waals surface area contributed by atoms with Crippen molar-refractivity contribution < 1.29 is 0 Å². The molecule has 0 saturated heterocycles. The van der Waals surface area contributed by atoms with E-state index in [1.807, 2.05) is 37.3 Å². The van der Waals surface area contributed by atoms with E-state index in [9.17, 15) is 4.79 Å². The van der Waals surface area contributed by atoms with Gasteiger partial charge >= 0.3 is 5.69 Å². The molecule has 3 rings (SSSR count). The van der Waals surface area contributed by atoms with Gasteiger partial charge in [0.15, 0.2) is 5.65 Å². The van der Waals surface area contributed by atoms with Crippen LogP contribution in [0.1, 0.15) is 5.69 Å². The lowest BCUT2D eigenvalue weighted by molar-refractivity contribution is 0.822. The Morgan fingerprint density at radius 3 is 2.72 bits per heavy atom. The van der Waals surface area contributed by atoms with Gasteiger partial charge in [0, 0.05) is 11.3 Å². The first kappa shape index (κ1) is 10.9. The Morgan fingerprint density at radius 2 is 2.00 bits per heavy atom. The number of aromatic nitrogens is 4. The van der Waals surface area contributed by atoms with Crippen molar-refractivity contribution in [3.63, 3.8) is 0 Å². The van der Waals surface area contributed by atoms with Crippen LogP contribution in [-0.4, -0.2) is 19.6 Å². The van der Waals surface area contributed by atoms with Gasteiger partial charge in [-0.25, -0.2) is 4.79 Å². The van der Waals surface area contributed by atoms with Crippen molar-refractivity contribution in [2.75, 3.05) is 0 Å². The van der Waals surface area contributed by atoms with Gasteiger partial charge in [-0.1, -0.05) is 30.3 Å². The summed E-state index contributed by atoms with van der Waals surface area (Å²) in [6, 6.07) is 9.78. The van der Waals surface area contributed by atoms with Crippen LogP contribution in [-0.2, 0) is 0 Å². The first-order valence-electron chi connectivity index (χ1n) is 5.44. The molecule has 1 aromatic carbocycles. The van der Waals surface area contributed by atoms with E-state index in [2.05, 4.69) is 15.1 Å². The molecule has 0 atom stereocenters. The normalized spacial score (nSPS) is 10.9. The van der Waals surface area contributed by atoms with Crippen LogP contribution in [0, 0.1) is 11.7 Å². The number of nitrogens with zero attached hydrogens (tertiary/aromatic N) is 2. The lowest BCUT2D eigenvalue weighted by Gasteiger charge is -1.99. The molecule has 2 heterocycles. The van der Waals surface area contributed by atoms with Crippen LogP contribution < -0.4 is 5.69 Å². The predicted molar refractivity (Wildman–Crippen MR) is 71.2 cm³/mol. The topological polar surface area (TPSA) is 65.9 Å². The molecule has 3 aromatic rings. The maximum atomic E-state index is 11.8. The molecule has 2 aromatic heterocycles. The molecule has 0 aliphatic carbocycles. The van der Waals surface area contributed by atoms with Crippen LogP contribution in [0.2, 0.25) is 0 Å². The van der Waals surface area contributed by atoms with Gasteiger partial charge in [0.1, 0.15) is 0 Å². The van der Waals surface area contributed by atoms with Gasteiger partial charge in [-0.2, -0.15) is 9.50 Å². The van der Waals surface area contributed by atoms with E-state index in [0.29, 0.717) is 5.65 Å². The molecule has 0 unspecified atom stereocenters. The summed E-state index contributed by atoms with van der Waals surface area (Å²) in [7, 11) is 0. The van der Waals surface area contributed by atoms with E-state index >= 15 is 0 Å². The third kappa shape index (κ3) is 1.58. The molecule has 0 saturated carbocycles. The average molecular weight is 258 g/mol. The van der Waals surface area contributed by atoms with Crippen LogP contribution in [0.25, 0.3) is 16.8 Å². The maximum absolute atomic E-state index is 11.8. The zero-order valence-electron chi connectivity index (χ0n) is 9.60. The molecule has 0 amide bonds. The second-order valence-electron chi connectivity index (χ2n) is 3.98. The van der Waals surface area contributed by atoms with E-state index in [-0.39, 0.29) is 10.5 Å². The maximum Gasteiger partial charge on any atom is 0.348 e. The third-order valence-electron chi connectivity index (χ3n) is 2.78. The smallest absolute Gasteiger partial charge is 0.292 e. The number of nitrogens with one attached hydrogen (secondary N) is 2. The zero-order chi connectivity index (χ0) is 12.7. The summed E-state index contributed by atoms with van der Waals surface area (Å²) in [5, 5.41) is 2.99. The Morgan fingerprint density at radius 1 is 1.28 bits per heavy atom. The summed E-state index contributed by atoms with van der Waals surface area (Å²) < 4.78 is 1.56. The van der Waals surface area contributed by atoms with Gasteiger partial charge in [0.2, 0.25) is 4.77 Å². The minimum Gasteiger partial charge on any atom is -0.292 e. The highest BCUT2D eigenvalue weighted by atomic mass is 32.1. The Balaban J connectivity index is 2.47. The fraction of sp³-hybridized carbons (Fsp3) is 0.0833. The summed E-state index contributed by atoms with van der Waals surface area (Å²) in [4.78, 5) is 18.5. The second kappa shape index (κ2) is 3.92. The molecule has 5 nitrogen and oxygen atoms in total.